The second kappa shape index (κ2) is 7.27. The van der Waals surface area contributed by atoms with Crippen molar-refractivity contribution in [2.24, 2.45) is 7.05 Å². The number of carbonyl (C=O) groups is 1. The highest BCUT2D eigenvalue weighted by Crippen LogP contribution is 2.29. The molecule has 6 nitrogen and oxygen atoms in total. The van der Waals surface area contributed by atoms with E-state index in [4.69, 9.17) is 0 Å². The van der Waals surface area contributed by atoms with Crippen LogP contribution in [0.1, 0.15) is 17.7 Å². The lowest BCUT2D eigenvalue weighted by atomic mass is 10.0. The minimum absolute atomic E-state index is 0.257. The second-order valence-corrected chi connectivity index (χ2v) is 8.13. The van der Waals surface area contributed by atoms with Crippen LogP contribution in [0.25, 0.3) is 10.4 Å². The van der Waals surface area contributed by atoms with Crippen LogP contribution in [0.3, 0.4) is 0 Å². The lowest BCUT2D eigenvalue weighted by Gasteiger charge is -2.41. The molecule has 4 rings (SSSR count). The smallest absolute Gasteiger partial charge is 0.236 e. The molecule has 0 spiro atoms. The maximum Gasteiger partial charge on any atom is 0.236 e. The summed E-state index contributed by atoms with van der Waals surface area (Å²) in [4.78, 5) is 19.4. The van der Waals surface area contributed by atoms with Crippen molar-refractivity contribution in [3.05, 3.63) is 29.4 Å². The van der Waals surface area contributed by atoms with Crippen LogP contribution < -0.4 is 5.32 Å². The fraction of sp³-hybridized carbons (Fsp3) is 0.556. The van der Waals surface area contributed by atoms with Crippen LogP contribution in [-0.2, 0) is 18.4 Å². The normalized spacial score (nSPS) is 22.5. The Morgan fingerprint density at radius 3 is 3.08 bits per heavy atom. The van der Waals surface area contributed by atoms with Gasteiger partial charge in [-0.3, -0.25) is 14.4 Å². The number of aryl methyl sites for hydroxylation is 1. The summed E-state index contributed by atoms with van der Waals surface area (Å²) in [5, 5.41) is 7.42. The van der Waals surface area contributed by atoms with E-state index in [1.54, 1.807) is 0 Å². The predicted octanol–water partition coefficient (Wildman–Crippen LogP) is 1.54. The van der Waals surface area contributed by atoms with Gasteiger partial charge in [-0.1, -0.05) is 0 Å². The average molecular weight is 359 g/mol. The Morgan fingerprint density at radius 1 is 1.36 bits per heavy atom. The Kier molecular flexibility index (Phi) is 4.87. The highest BCUT2D eigenvalue weighted by Gasteiger charge is 2.29. The van der Waals surface area contributed by atoms with Gasteiger partial charge >= 0.3 is 0 Å². The molecule has 1 unspecified atom stereocenters. The van der Waals surface area contributed by atoms with E-state index < -0.39 is 0 Å². The number of carbonyl (C=O) groups excluding carboxylic acids is 1. The van der Waals surface area contributed by atoms with Crippen LogP contribution in [0.15, 0.2) is 24.5 Å². The Labute approximate surface area is 152 Å². The summed E-state index contributed by atoms with van der Waals surface area (Å²) in [5.74, 6) is 0.257. The first-order chi connectivity index (χ1) is 12.2. The van der Waals surface area contributed by atoms with Crippen molar-refractivity contribution in [1.82, 2.24) is 24.9 Å². The summed E-state index contributed by atoms with van der Waals surface area (Å²) in [7, 11) is 1.95. The molecule has 25 heavy (non-hydrogen) atoms. The molecule has 0 bridgehead atoms. The Balaban J connectivity index is 1.39. The molecule has 0 radical (unpaired) electrons. The van der Waals surface area contributed by atoms with E-state index in [1.165, 1.54) is 21.7 Å². The van der Waals surface area contributed by atoms with E-state index >= 15 is 0 Å². The van der Waals surface area contributed by atoms with Gasteiger partial charge in [-0.15, -0.1) is 11.3 Å². The van der Waals surface area contributed by atoms with Crippen LogP contribution in [0, 0.1) is 0 Å². The standard InChI is InChI=1S/C18H25N5OS/c1-21-11-14(9-20-21)17-5-4-16(25-17)13-22-7-2-3-15(12-22)23-8-6-19-10-18(23)24/h4-5,9,11,15,19H,2-3,6-8,10,12-13H2,1H3. The molecule has 1 N–H and O–H groups in total. The molecule has 2 fully saturated rings. The van der Waals surface area contributed by atoms with Crippen molar-refractivity contribution in [3.63, 3.8) is 0 Å². The van der Waals surface area contributed by atoms with Gasteiger partial charge in [0.05, 0.1) is 12.7 Å². The minimum Gasteiger partial charge on any atom is -0.336 e. The van der Waals surface area contributed by atoms with E-state index in [2.05, 4.69) is 38.5 Å². The van der Waals surface area contributed by atoms with E-state index in [0.29, 0.717) is 12.6 Å². The van der Waals surface area contributed by atoms with Crippen LogP contribution in [0.4, 0.5) is 0 Å². The van der Waals surface area contributed by atoms with Gasteiger partial charge in [0, 0.05) is 60.8 Å². The Bertz CT molecular complexity index is 739. The van der Waals surface area contributed by atoms with Gasteiger partial charge in [-0.2, -0.15) is 5.10 Å². The van der Waals surface area contributed by atoms with Crippen LogP contribution in [0.2, 0.25) is 0 Å². The number of hydrogen-bond donors (Lipinski definition) is 1. The fourth-order valence-electron chi connectivity index (χ4n) is 3.82. The first kappa shape index (κ1) is 16.8. The summed E-state index contributed by atoms with van der Waals surface area (Å²) in [5.41, 5.74) is 1.18. The number of likely N-dealkylation sites (tertiary alicyclic amines) is 1. The third kappa shape index (κ3) is 3.78. The third-order valence-electron chi connectivity index (χ3n) is 5.08. The van der Waals surface area contributed by atoms with Gasteiger partial charge in [0.15, 0.2) is 0 Å². The zero-order valence-corrected chi connectivity index (χ0v) is 15.5. The number of piperidine rings is 1. The van der Waals surface area contributed by atoms with E-state index in [-0.39, 0.29) is 5.91 Å². The minimum atomic E-state index is 0.257. The molecule has 2 aliphatic heterocycles. The van der Waals surface area contributed by atoms with Gasteiger partial charge in [0.1, 0.15) is 0 Å². The zero-order chi connectivity index (χ0) is 17.2. The first-order valence-electron chi connectivity index (χ1n) is 8.99. The highest BCUT2D eigenvalue weighted by atomic mass is 32.1. The first-order valence-corrected chi connectivity index (χ1v) is 9.81. The van der Waals surface area contributed by atoms with Crippen LogP contribution in [-0.4, -0.2) is 64.3 Å². The van der Waals surface area contributed by atoms with E-state index in [1.807, 2.05) is 29.3 Å². The third-order valence-corrected chi connectivity index (χ3v) is 6.20. The molecule has 2 aromatic heterocycles. The summed E-state index contributed by atoms with van der Waals surface area (Å²) < 4.78 is 1.84. The van der Waals surface area contributed by atoms with Crippen molar-refractivity contribution >= 4 is 17.2 Å². The molecule has 1 atom stereocenters. The van der Waals surface area contributed by atoms with Crippen molar-refractivity contribution in [1.29, 1.82) is 0 Å². The molecular weight excluding hydrogens is 334 g/mol. The molecule has 0 aliphatic carbocycles. The van der Waals surface area contributed by atoms with E-state index in [0.717, 1.165) is 39.1 Å². The van der Waals surface area contributed by atoms with Crippen molar-refractivity contribution in [3.8, 4) is 10.4 Å². The SMILES string of the molecule is Cn1cc(-c2ccc(CN3CCCC(N4CCNCC4=O)C3)s2)cn1. The predicted molar refractivity (Wildman–Crippen MR) is 99.4 cm³/mol. The topological polar surface area (TPSA) is 53.4 Å². The quantitative estimate of drug-likeness (QED) is 0.900. The molecule has 134 valence electrons. The number of nitrogens with zero attached hydrogens (tertiary/aromatic N) is 4. The molecular formula is C18H25N5OS. The Hall–Kier alpha value is -1.70. The van der Waals surface area contributed by atoms with E-state index in [9.17, 15) is 4.79 Å². The lowest BCUT2D eigenvalue weighted by molar-refractivity contribution is -0.135. The van der Waals surface area contributed by atoms with Crippen molar-refractivity contribution in [2.75, 3.05) is 32.7 Å². The molecule has 2 aliphatic rings. The number of rotatable bonds is 4. The molecule has 2 aromatic rings. The summed E-state index contributed by atoms with van der Waals surface area (Å²) in [6, 6.07) is 4.80. The highest BCUT2D eigenvalue weighted by molar-refractivity contribution is 7.15. The fourth-order valence-corrected chi connectivity index (χ4v) is 4.85. The summed E-state index contributed by atoms with van der Waals surface area (Å²) >= 11 is 1.84. The molecule has 1 amide bonds. The monoisotopic (exact) mass is 359 g/mol. The maximum absolute atomic E-state index is 12.2. The number of nitrogens with one attached hydrogen (secondary N) is 1. The molecule has 0 aromatic carbocycles. The number of aromatic nitrogens is 2. The maximum atomic E-state index is 12.2. The second-order valence-electron chi connectivity index (χ2n) is 6.96. The number of piperazine rings is 1. The Morgan fingerprint density at radius 2 is 2.28 bits per heavy atom. The zero-order valence-electron chi connectivity index (χ0n) is 14.6. The summed E-state index contributed by atoms with van der Waals surface area (Å²) in [6.45, 7) is 5.35. The number of hydrogen-bond acceptors (Lipinski definition) is 5. The number of thiophene rings is 1. The van der Waals surface area contributed by atoms with Crippen LogP contribution in [0.5, 0.6) is 0 Å². The number of amides is 1. The van der Waals surface area contributed by atoms with Gasteiger partial charge in [0.25, 0.3) is 0 Å². The molecule has 4 heterocycles. The lowest BCUT2D eigenvalue weighted by Crippen LogP contribution is -2.56. The van der Waals surface area contributed by atoms with Crippen molar-refractivity contribution in [2.45, 2.75) is 25.4 Å². The van der Waals surface area contributed by atoms with Gasteiger partial charge in [-0.25, -0.2) is 0 Å². The van der Waals surface area contributed by atoms with Crippen molar-refractivity contribution < 1.29 is 4.79 Å². The van der Waals surface area contributed by atoms with Gasteiger partial charge in [-0.05, 0) is 31.5 Å². The largest absolute Gasteiger partial charge is 0.336 e. The van der Waals surface area contributed by atoms with Gasteiger partial charge in [0.2, 0.25) is 5.91 Å². The van der Waals surface area contributed by atoms with Gasteiger partial charge < -0.3 is 10.2 Å². The molecule has 2 saturated heterocycles. The van der Waals surface area contributed by atoms with Crippen LogP contribution >= 0.6 is 11.3 Å². The summed E-state index contributed by atoms with van der Waals surface area (Å²) in [6.07, 6.45) is 6.28. The molecule has 0 saturated carbocycles. The molecule has 7 heteroatoms. The average Bonchev–Trinajstić information content (AvgIpc) is 3.24.